The molecule has 0 spiro atoms. The van der Waals surface area contributed by atoms with E-state index in [1.807, 2.05) is 0 Å². The van der Waals surface area contributed by atoms with Gasteiger partial charge in [-0.2, -0.15) is 0 Å². The summed E-state index contributed by atoms with van der Waals surface area (Å²) in [7, 11) is 0. The highest BCUT2D eigenvalue weighted by atomic mass is 16.4. The van der Waals surface area contributed by atoms with Crippen molar-refractivity contribution >= 4 is 23.6 Å². The molecule has 1 aromatic rings. The number of hydrogen-bond donors (Lipinski definition) is 3. The van der Waals surface area contributed by atoms with Crippen molar-refractivity contribution in [2.24, 2.45) is 5.73 Å². The van der Waals surface area contributed by atoms with Gasteiger partial charge in [0.15, 0.2) is 0 Å². The van der Waals surface area contributed by atoms with Gasteiger partial charge in [0.1, 0.15) is 0 Å². The third kappa shape index (κ3) is 2.84. The number of carboxylic acid groups (broad SMARTS) is 1. The number of anilines is 1. The van der Waals surface area contributed by atoms with E-state index >= 15 is 0 Å². The zero-order valence-corrected chi connectivity index (χ0v) is 7.81. The molecule has 0 aliphatic carbocycles. The van der Waals surface area contributed by atoms with E-state index in [4.69, 9.17) is 16.6 Å². The van der Waals surface area contributed by atoms with E-state index < -0.39 is 11.9 Å². The maximum absolute atomic E-state index is 10.6. The highest BCUT2D eigenvalue weighted by Gasteiger charge is 2.04. The number of carboxylic acids is 1. The van der Waals surface area contributed by atoms with Gasteiger partial charge in [-0.05, 0) is 23.8 Å². The standard InChI is InChI=1S/C10H10N2O3/c11-8-5-7(10(14)15)2-1-6(8)3-4-9(12)13/h1-5H,11H2,(H2,12,13)(H,14,15). The Bertz CT molecular complexity index is 438. The molecule has 0 saturated heterocycles. The van der Waals surface area contributed by atoms with Gasteiger partial charge in [0, 0.05) is 11.8 Å². The summed E-state index contributed by atoms with van der Waals surface area (Å²) in [5.74, 6) is -1.64. The molecule has 0 saturated carbocycles. The third-order valence-corrected chi connectivity index (χ3v) is 1.76. The third-order valence-electron chi connectivity index (χ3n) is 1.76. The predicted octanol–water partition coefficient (Wildman–Crippen LogP) is 0.466. The number of nitrogen functional groups attached to an aromatic ring is 1. The van der Waals surface area contributed by atoms with Crippen LogP contribution < -0.4 is 11.5 Å². The highest BCUT2D eigenvalue weighted by molar-refractivity contribution is 5.93. The number of carbonyl (C=O) groups is 2. The van der Waals surface area contributed by atoms with Crippen molar-refractivity contribution in [2.75, 3.05) is 5.73 Å². The van der Waals surface area contributed by atoms with Crippen LogP contribution in [0.15, 0.2) is 24.3 Å². The van der Waals surface area contributed by atoms with Crippen molar-refractivity contribution in [2.45, 2.75) is 0 Å². The van der Waals surface area contributed by atoms with E-state index in [2.05, 4.69) is 0 Å². The average molecular weight is 206 g/mol. The summed E-state index contributed by atoms with van der Waals surface area (Å²) in [5.41, 5.74) is 11.4. The summed E-state index contributed by atoms with van der Waals surface area (Å²) in [6.45, 7) is 0. The van der Waals surface area contributed by atoms with Crippen LogP contribution >= 0.6 is 0 Å². The van der Waals surface area contributed by atoms with E-state index in [0.29, 0.717) is 5.56 Å². The van der Waals surface area contributed by atoms with Crippen LogP contribution in [0.3, 0.4) is 0 Å². The molecule has 0 fully saturated rings. The first-order valence-corrected chi connectivity index (χ1v) is 4.11. The van der Waals surface area contributed by atoms with Crippen molar-refractivity contribution in [1.82, 2.24) is 0 Å². The average Bonchev–Trinajstić information content (AvgIpc) is 2.15. The smallest absolute Gasteiger partial charge is 0.335 e. The first-order chi connectivity index (χ1) is 7.00. The summed E-state index contributed by atoms with van der Waals surface area (Å²) in [6, 6.07) is 4.24. The van der Waals surface area contributed by atoms with Gasteiger partial charge in [0.2, 0.25) is 5.91 Å². The molecule has 15 heavy (non-hydrogen) atoms. The Labute approximate surface area is 86.0 Å². The quantitative estimate of drug-likeness (QED) is 0.493. The second-order valence-electron chi connectivity index (χ2n) is 2.88. The van der Waals surface area contributed by atoms with Crippen LogP contribution in [-0.4, -0.2) is 17.0 Å². The predicted molar refractivity (Wildman–Crippen MR) is 56.0 cm³/mol. The first kappa shape index (κ1) is 10.8. The van der Waals surface area contributed by atoms with E-state index in [-0.39, 0.29) is 11.3 Å². The summed E-state index contributed by atoms with van der Waals surface area (Å²) in [4.78, 5) is 21.0. The molecule has 0 radical (unpaired) electrons. The van der Waals surface area contributed by atoms with Crippen molar-refractivity contribution < 1.29 is 14.7 Å². The molecule has 0 unspecified atom stereocenters. The molecule has 0 bridgehead atoms. The molecular formula is C10H10N2O3. The largest absolute Gasteiger partial charge is 0.478 e. The number of carbonyl (C=O) groups excluding carboxylic acids is 1. The monoisotopic (exact) mass is 206 g/mol. The van der Waals surface area contributed by atoms with Gasteiger partial charge in [0.25, 0.3) is 0 Å². The minimum atomic E-state index is -1.05. The van der Waals surface area contributed by atoms with Crippen molar-refractivity contribution in [3.8, 4) is 0 Å². The molecule has 78 valence electrons. The fraction of sp³-hybridized carbons (Fsp3) is 0. The lowest BCUT2D eigenvalue weighted by Crippen LogP contribution is -2.05. The van der Waals surface area contributed by atoms with Crippen molar-refractivity contribution in [3.63, 3.8) is 0 Å². The van der Waals surface area contributed by atoms with Gasteiger partial charge >= 0.3 is 5.97 Å². The van der Waals surface area contributed by atoms with Gasteiger partial charge in [0.05, 0.1) is 5.56 Å². The minimum Gasteiger partial charge on any atom is -0.478 e. The van der Waals surface area contributed by atoms with Gasteiger partial charge in [-0.1, -0.05) is 6.07 Å². The van der Waals surface area contributed by atoms with Crippen LogP contribution in [0.2, 0.25) is 0 Å². The van der Waals surface area contributed by atoms with Crippen LogP contribution in [0.1, 0.15) is 15.9 Å². The highest BCUT2D eigenvalue weighted by Crippen LogP contribution is 2.15. The van der Waals surface area contributed by atoms with E-state index in [9.17, 15) is 9.59 Å². The van der Waals surface area contributed by atoms with Gasteiger partial charge in [-0.15, -0.1) is 0 Å². The Hall–Kier alpha value is -2.30. The van der Waals surface area contributed by atoms with E-state index in [1.165, 1.54) is 24.3 Å². The number of amides is 1. The Morgan fingerprint density at radius 3 is 2.47 bits per heavy atom. The minimum absolute atomic E-state index is 0.101. The molecule has 0 atom stereocenters. The van der Waals surface area contributed by atoms with Crippen LogP contribution in [0, 0.1) is 0 Å². The topological polar surface area (TPSA) is 106 Å². The second-order valence-corrected chi connectivity index (χ2v) is 2.88. The maximum atomic E-state index is 10.6. The molecule has 0 heterocycles. The van der Waals surface area contributed by atoms with Crippen molar-refractivity contribution in [3.05, 3.63) is 35.4 Å². The fourth-order valence-corrected chi connectivity index (χ4v) is 1.03. The summed E-state index contributed by atoms with van der Waals surface area (Å²) in [6.07, 6.45) is 2.59. The fourth-order valence-electron chi connectivity index (χ4n) is 1.03. The molecule has 5 nitrogen and oxygen atoms in total. The summed E-state index contributed by atoms with van der Waals surface area (Å²) in [5, 5.41) is 8.67. The Kier molecular flexibility index (Phi) is 3.07. The summed E-state index contributed by atoms with van der Waals surface area (Å²) < 4.78 is 0. The molecule has 1 aromatic carbocycles. The molecular weight excluding hydrogens is 196 g/mol. The number of primary amides is 1. The lowest BCUT2D eigenvalue weighted by Gasteiger charge is -2.01. The van der Waals surface area contributed by atoms with Crippen LogP contribution in [0.5, 0.6) is 0 Å². The molecule has 5 N–H and O–H groups in total. The van der Waals surface area contributed by atoms with Crippen LogP contribution in [-0.2, 0) is 4.79 Å². The number of aromatic carboxylic acids is 1. The number of rotatable bonds is 3. The first-order valence-electron chi connectivity index (χ1n) is 4.11. The van der Waals surface area contributed by atoms with Gasteiger partial charge in [-0.3, -0.25) is 4.79 Å². The molecule has 0 aliphatic heterocycles. The zero-order chi connectivity index (χ0) is 11.4. The molecule has 5 heteroatoms. The molecule has 1 amide bonds. The lowest BCUT2D eigenvalue weighted by atomic mass is 10.1. The van der Waals surface area contributed by atoms with E-state index in [1.54, 1.807) is 0 Å². The Balaban J connectivity index is 3.03. The van der Waals surface area contributed by atoms with E-state index in [0.717, 1.165) is 6.08 Å². The maximum Gasteiger partial charge on any atom is 0.335 e. The molecule has 1 rings (SSSR count). The number of benzene rings is 1. The SMILES string of the molecule is NC(=O)C=Cc1ccc(C(=O)O)cc1N. The number of hydrogen-bond acceptors (Lipinski definition) is 3. The lowest BCUT2D eigenvalue weighted by molar-refractivity contribution is -0.113. The van der Waals surface area contributed by atoms with Gasteiger partial charge in [-0.25, -0.2) is 4.79 Å². The molecule has 0 aromatic heterocycles. The summed E-state index contributed by atoms with van der Waals surface area (Å²) >= 11 is 0. The second kappa shape index (κ2) is 4.28. The van der Waals surface area contributed by atoms with Crippen LogP contribution in [0.25, 0.3) is 6.08 Å². The Morgan fingerprint density at radius 1 is 1.33 bits per heavy atom. The van der Waals surface area contributed by atoms with Crippen molar-refractivity contribution in [1.29, 1.82) is 0 Å². The van der Waals surface area contributed by atoms with Gasteiger partial charge < -0.3 is 16.6 Å². The molecule has 0 aliphatic rings. The zero-order valence-electron chi connectivity index (χ0n) is 7.81. The van der Waals surface area contributed by atoms with Crippen LogP contribution in [0.4, 0.5) is 5.69 Å². The number of nitrogens with two attached hydrogens (primary N) is 2. The Morgan fingerprint density at radius 2 is 2.00 bits per heavy atom. The normalized spacial score (nSPS) is 10.4.